The summed E-state index contributed by atoms with van der Waals surface area (Å²) >= 11 is 6.96. The van der Waals surface area contributed by atoms with Crippen molar-refractivity contribution < 1.29 is 52.1 Å². The van der Waals surface area contributed by atoms with E-state index in [0.29, 0.717) is 11.5 Å². The van der Waals surface area contributed by atoms with E-state index in [0.717, 1.165) is 30.3 Å². The third kappa shape index (κ3) is 5.20. The van der Waals surface area contributed by atoms with Gasteiger partial charge in [-0.05, 0) is 52.8 Å². The number of ether oxygens (including phenoxy) is 2. The molecule has 0 saturated carbocycles. The Labute approximate surface area is 234 Å². The van der Waals surface area contributed by atoms with Crippen LogP contribution in [0.2, 0.25) is 0 Å². The molecule has 3 fully saturated rings. The second-order valence-corrected chi connectivity index (χ2v) is 14.7. The van der Waals surface area contributed by atoms with E-state index >= 15 is 0 Å². The Morgan fingerprint density at radius 2 is 1.87 bits per heavy atom. The molecular weight excluding hydrogens is 681 g/mol. The highest BCUT2D eigenvalue weighted by Crippen LogP contribution is 2.53. The van der Waals surface area contributed by atoms with E-state index in [1.54, 1.807) is 27.2 Å². The lowest BCUT2D eigenvalue weighted by atomic mass is 10.1. The quantitative estimate of drug-likeness (QED) is 0.158. The molecule has 0 aliphatic carbocycles. The van der Waals surface area contributed by atoms with Crippen LogP contribution < -0.4 is 5.32 Å². The number of rotatable bonds is 1. The van der Waals surface area contributed by atoms with E-state index in [-0.39, 0.29) is 6.61 Å². The summed E-state index contributed by atoms with van der Waals surface area (Å²) in [5.41, 5.74) is 1.46. The Kier molecular flexibility index (Phi) is 7.66. The van der Waals surface area contributed by atoms with E-state index in [2.05, 4.69) is 15.3 Å². The van der Waals surface area contributed by atoms with Gasteiger partial charge in [0.2, 0.25) is 0 Å². The Bertz CT molecular complexity index is 1320. The van der Waals surface area contributed by atoms with Crippen molar-refractivity contribution in [3.8, 4) is 0 Å². The highest BCUT2D eigenvalue weighted by atomic mass is 127. The molecule has 6 heterocycles. The summed E-state index contributed by atoms with van der Waals surface area (Å²) in [5.74, 6) is 0.668. The number of anilines is 1. The number of fused-ring (bicyclic) bond motifs is 3. The van der Waals surface area contributed by atoms with Crippen LogP contribution in [-0.4, -0.2) is 95.0 Å². The summed E-state index contributed by atoms with van der Waals surface area (Å²) in [7, 11) is -4.73. The molecule has 2 aromatic heterocycles. The van der Waals surface area contributed by atoms with E-state index in [9.17, 15) is 24.6 Å². The maximum Gasteiger partial charge on any atom is 0.472 e. The molecule has 19 heteroatoms. The fourth-order valence-corrected chi connectivity index (χ4v) is 8.59. The monoisotopic (exact) mass is 706 g/mol. The molecular formula is C19H25IN4O11P2S. The maximum atomic E-state index is 12.7. The largest absolute Gasteiger partial charge is 0.472 e. The van der Waals surface area contributed by atoms with Crippen LogP contribution in [0.4, 0.5) is 5.82 Å². The summed E-state index contributed by atoms with van der Waals surface area (Å²) in [6.07, 6.45) is -3.77. The molecule has 0 radical (unpaired) electrons. The smallest absolute Gasteiger partial charge is 0.387 e. The number of alkyl halides is 1. The van der Waals surface area contributed by atoms with Gasteiger partial charge in [0.15, 0.2) is 6.23 Å². The topological polar surface area (TPSA) is 196 Å². The molecule has 10 atom stereocenters. The number of aliphatic hydroxyl groups excluding tert-OH is 2. The van der Waals surface area contributed by atoms with E-state index in [4.69, 9.17) is 39.4 Å². The number of aromatic nitrogens is 3. The molecule has 0 amide bonds. The van der Waals surface area contributed by atoms with E-state index < -0.39 is 68.1 Å². The Balaban J connectivity index is 1.33. The molecule has 2 aromatic rings. The van der Waals surface area contributed by atoms with Gasteiger partial charge in [-0.15, -0.1) is 0 Å². The number of phosphoric acid groups is 1. The van der Waals surface area contributed by atoms with Crippen molar-refractivity contribution in [2.45, 2.75) is 59.8 Å². The van der Waals surface area contributed by atoms with Crippen LogP contribution in [0.25, 0.3) is 11.0 Å². The molecule has 0 spiro atoms. The lowest BCUT2D eigenvalue weighted by Gasteiger charge is -2.26. The summed E-state index contributed by atoms with van der Waals surface area (Å²) in [5, 5.41) is 25.9. The average Bonchev–Trinajstić information content (AvgIpc) is 3.39. The average molecular weight is 706 g/mol. The number of aliphatic hydroxyl groups is 2. The number of nitrogens with one attached hydrogen (secondary N) is 1. The lowest BCUT2D eigenvalue weighted by molar-refractivity contribution is -0.0532. The highest BCUT2D eigenvalue weighted by molar-refractivity contribution is 14.1. The summed E-state index contributed by atoms with van der Waals surface area (Å²) in [6, 6.07) is 0. The molecule has 6 rings (SSSR count). The SMILES string of the molecule is O=P1(O)OC[C@H]2O[C@@H](n3cc4c5c(ncnc53)NCCC4)[C@H](O)[C@@H]2OP(O)(=S)OCC2O[C@@H](I)[C@H](O1)[C@@H]2O. The van der Waals surface area contributed by atoms with Gasteiger partial charge in [-0.2, -0.15) is 0 Å². The normalized spacial score (nSPS) is 43.9. The van der Waals surface area contributed by atoms with Crippen LogP contribution in [0.5, 0.6) is 0 Å². The van der Waals surface area contributed by atoms with Crippen molar-refractivity contribution in [3.63, 3.8) is 0 Å². The zero-order valence-corrected chi connectivity index (χ0v) is 24.2. The number of halogens is 1. The van der Waals surface area contributed by atoms with Gasteiger partial charge in [0.1, 0.15) is 58.5 Å². The van der Waals surface area contributed by atoms with E-state index in [1.807, 2.05) is 6.20 Å². The van der Waals surface area contributed by atoms with Crippen molar-refractivity contribution in [1.29, 1.82) is 0 Å². The van der Waals surface area contributed by atoms with Gasteiger partial charge in [0, 0.05) is 12.7 Å². The zero-order valence-electron chi connectivity index (χ0n) is 19.5. The van der Waals surface area contributed by atoms with Crippen LogP contribution in [0.3, 0.4) is 0 Å². The predicted octanol–water partition coefficient (Wildman–Crippen LogP) is 0.703. The Morgan fingerprint density at radius 3 is 2.68 bits per heavy atom. The van der Waals surface area contributed by atoms with Crippen LogP contribution in [0, 0.1) is 0 Å². The predicted molar refractivity (Wildman–Crippen MR) is 141 cm³/mol. The molecule has 4 aliphatic rings. The van der Waals surface area contributed by atoms with Gasteiger partial charge < -0.3 is 43.9 Å². The van der Waals surface area contributed by atoms with Crippen LogP contribution >= 0.6 is 37.1 Å². The fraction of sp³-hybridized carbons (Fsp3) is 0.684. The summed E-state index contributed by atoms with van der Waals surface area (Å²) in [6.45, 7) is -4.22. The van der Waals surface area contributed by atoms with Gasteiger partial charge in [-0.3, -0.25) is 13.6 Å². The standard InChI is InChI=1S/C19H25IN4O11P2S/c20-16-15-12(25)9(32-16)5-31-37(29,38)35-14-10(6-30-36(27,28)34-15)33-19(13(14)26)24-4-8-2-1-3-21-17-11(8)18(24)23-7-22-17/h4,7,9-10,12-16,19,25-26H,1-3,5-6H2,(H,27,28)(H,29,38)(H,21,22,23)/t9?,10-,12-,13-,14-,15-,16-,19-,37?/m1/s1. The minimum Gasteiger partial charge on any atom is -0.387 e. The first-order chi connectivity index (χ1) is 18.0. The van der Waals surface area contributed by atoms with Crippen molar-refractivity contribution >= 4 is 65.8 Å². The third-order valence-corrected chi connectivity index (χ3v) is 10.3. The van der Waals surface area contributed by atoms with Gasteiger partial charge in [-0.25, -0.2) is 14.5 Å². The summed E-state index contributed by atoms with van der Waals surface area (Å²) < 4.78 is 46.6. The maximum absolute atomic E-state index is 12.7. The molecule has 3 unspecified atom stereocenters. The zero-order chi connectivity index (χ0) is 26.8. The Morgan fingerprint density at radius 1 is 1.08 bits per heavy atom. The van der Waals surface area contributed by atoms with Gasteiger partial charge in [0.25, 0.3) is 0 Å². The number of aryl methyl sites for hydroxylation is 1. The van der Waals surface area contributed by atoms with Gasteiger partial charge in [-0.1, -0.05) is 0 Å². The first-order valence-corrected chi connectivity index (χ1v) is 17.1. The number of nitrogens with zero attached hydrogens (tertiary/aromatic N) is 3. The van der Waals surface area contributed by atoms with Gasteiger partial charge in [0.05, 0.1) is 18.6 Å². The highest BCUT2D eigenvalue weighted by Gasteiger charge is 2.52. The third-order valence-electron chi connectivity index (χ3n) is 6.78. The molecule has 5 N–H and O–H groups in total. The first kappa shape index (κ1) is 27.8. The molecule has 3 saturated heterocycles. The molecule has 2 bridgehead atoms. The lowest BCUT2D eigenvalue weighted by Crippen LogP contribution is -2.36. The fourth-order valence-electron chi connectivity index (χ4n) is 5.02. The molecule has 210 valence electrons. The van der Waals surface area contributed by atoms with E-state index in [1.165, 1.54) is 6.33 Å². The van der Waals surface area contributed by atoms with Crippen LogP contribution in [-0.2, 0) is 50.4 Å². The van der Waals surface area contributed by atoms with Crippen molar-refractivity contribution in [2.75, 3.05) is 25.1 Å². The molecule has 15 nitrogen and oxygen atoms in total. The number of hydrogen-bond donors (Lipinski definition) is 5. The number of phosphoric ester groups is 1. The van der Waals surface area contributed by atoms with Crippen LogP contribution in [0.1, 0.15) is 18.2 Å². The second-order valence-electron chi connectivity index (χ2n) is 9.25. The minimum atomic E-state index is -4.73. The van der Waals surface area contributed by atoms with Crippen molar-refractivity contribution in [3.05, 3.63) is 18.1 Å². The Hall–Kier alpha value is -0.370. The molecule has 38 heavy (non-hydrogen) atoms. The number of hydrogen-bond acceptors (Lipinski definition) is 13. The van der Waals surface area contributed by atoms with Crippen LogP contribution in [0.15, 0.2) is 12.5 Å². The second kappa shape index (κ2) is 10.5. The molecule has 0 aromatic carbocycles. The van der Waals surface area contributed by atoms with Crippen molar-refractivity contribution in [2.24, 2.45) is 0 Å². The first-order valence-electron chi connectivity index (χ1n) is 11.7. The summed E-state index contributed by atoms with van der Waals surface area (Å²) in [4.78, 5) is 29.9. The van der Waals surface area contributed by atoms with Crippen molar-refractivity contribution in [1.82, 2.24) is 14.5 Å². The minimum absolute atomic E-state index is 0.388. The van der Waals surface area contributed by atoms with Gasteiger partial charge >= 0.3 is 14.5 Å². The molecule has 4 aliphatic heterocycles.